The summed E-state index contributed by atoms with van der Waals surface area (Å²) >= 11 is 0. The molecule has 0 atom stereocenters. The van der Waals surface area contributed by atoms with Gasteiger partial charge in [0.25, 0.3) is 5.91 Å². The van der Waals surface area contributed by atoms with Gasteiger partial charge in [-0.1, -0.05) is 20.8 Å². The van der Waals surface area contributed by atoms with Crippen molar-refractivity contribution in [2.24, 2.45) is 5.41 Å². The summed E-state index contributed by atoms with van der Waals surface area (Å²) < 4.78 is 0. The van der Waals surface area contributed by atoms with Gasteiger partial charge in [0.1, 0.15) is 0 Å². The summed E-state index contributed by atoms with van der Waals surface area (Å²) in [5.41, 5.74) is 2.39. The molecule has 1 aromatic carbocycles. The lowest BCUT2D eigenvalue weighted by molar-refractivity contribution is 0.0664. The monoisotopic (exact) mass is 343 g/mol. The number of carbonyl (C=O) groups is 2. The third-order valence-electron chi connectivity index (χ3n) is 4.29. The molecule has 2 heterocycles. The van der Waals surface area contributed by atoms with Crippen molar-refractivity contribution in [3.05, 3.63) is 30.1 Å². The van der Waals surface area contributed by atoms with Crippen molar-refractivity contribution in [2.45, 2.75) is 20.8 Å². The van der Waals surface area contributed by atoms with Gasteiger partial charge in [-0.05, 0) is 23.6 Å². The maximum Gasteiger partial charge on any atom is 0.317 e. The molecule has 0 radical (unpaired) electrons. The van der Waals surface area contributed by atoms with E-state index in [0.717, 1.165) is 11.0 Å². The topological polar surface area (TPSA) is 81.3 Å². The fraction of sp³-hybridized carbons (Fsp3) is 0.500. The molecule has 0 unspecified atom stereocenters. The highest BCUT2D eigenvalue weighted by molar-refractivity contribution is 5.97. The second-order valence-corrected chi connectivity index (χ2v) is 7.63. The van der Waals surface area contributed by atoms with Crippen molar-refractivity contribution in [1.29, 1.82) is 0 Å². The lowest BCUT2D eigenvalue weighted by Crippen LogP contribution is -2.53. The Balaban J connectivity index is 1.56. The molecule has 0 aliphatic carbocycles. The van der Waals surface area contributed by atoms with Crippen LogP contribution in [0.5, 0.6) is 0 Å². The van der Waals surface area contributed by atoms with E-state index in [9.17, 15) is 9.59 Å². The Kier molecular flexibility index (Phi) is 4.65. The van der Waals surface area contributed by atoms with Crippen LogP contribution in [0.25, 0.3) is 11.0 Å². The molecular weight excluding hydrogens is 318 g/mol. The number of imidazole rings is 1. The third kappa shape index (κ3) is 4.10. The molecule has 3 amide bonds. The lowest BCUT2D eigenvalue weighted by atomic mass is 9.97. The standard InChI is InChI=1S/C18H25N5O2/c1-18(2,3)11-19-17(25)23-8-6-22(7-9-23)16(24)13-4-5-14-15(10-13)21-12-20-14/h4-5,10,12H,6-9,11H2,1-3H3,(H,19,25)(H,20,21). The van der Waals surface area contributed by atoms with Gasteiger partial charge in [0, 0.05) is 38.3 Å². The minimum Gasteiger partial charge on any atom is -0.345 e. The van der Waals surface area contributed by atoms with Gasteiger partial charge in [0.2, 0.25) is 0 Å². The third-order valence-corrected chi connectivity index (χ3v) is 4.29. The molecular formula is C18H25N5O2. The molecule has 1 aliphatic rings. The maximum atomic E-state index is 12.7. The molecule has 3 rings (SSSR count). The minimum absolute atomic E-state index is 0.00810. The van der Waals surface area contributed by atoms with Crippen molar-refractivity contribution < 1.29 is 9.59 Å². The smallest absolute Gasteiger partial charge is 0.317 e. The number of urea groups is 1. The Morgan fingerprint density at radius 1 is 1.16 bits per heavy atom. The Bertz CT molecular complexity index is 769. The van der Waals surface area contributed by atoms with Crippen LogP contribution in [0, 0.1) is 5.41 Å². The lowest BCUT2D eigenvalue weighted by Gasteiger charge is -2.35. The van der Waals surface area contributed by atoms with Crippen LogP contribution in [0.3, 0.4) is 0 Å². The number of piperazine rings is 1. The Hall–Kier alpha value is -2.57. The number of aromatic nitrogens is 2. The number of nitrogens with zero attached hydrogens (tertiary/aromatic N) is 3. The van der Waals surface area contributed by atoms with Crippen molar-refractivity contribution >= 4 is 23.0 Å². The number of aromatic amines is 1. The van der Waals surface area contributed by atoms with Crippen molar-refractivity contribution in [3.8, 4) is 0 Å². The van der Waals surface area contributed by atoms with Crippen LogP contribution in [0.1, 0.15) is 31.1 Å². The average Bonchev–Trinajstić information content (AvgIpc) is 3.06. The summed E-state index contributed by atoms with van der Waals surface area (Å²) in [4.78, 5) is 35.6. The Labute approximate surface area is 147 Å². The van der Waals surface area contributed by atoms with E-state index in [-0.39, 0.29) is 17.4 Å². The zero-order valence-electron chi connectivity index (χ0n) is 15.0. The number of H-pyrrole nitrogens is 1. The van der Waals surface area contributed by atoms with E-state index in [2.05, 4.69) is 36.1 Å². The first kappa shape index (κ1) is 17.3. The van der Waals surface area contributed by atoms with Crippen LogP contribution < -0.4 is 5.32 Å². The van der Waals surface area contributed by atoms with Crippen LogP contribution in [0.2, 0.25) is 0 Å². The first-order valence-corrected chi connectivity index (χ1v) is 8.59. The first-order chi connectivity index (χ1) is 11.8. The summed E-state index contributed by atoms with van der Waals surface area (Å²) in [7, 11) is 0. The van der Waals surface area contributed by atoms with Gasteiger partial charge in [-0.25, -0.2) is 9.78 Å². The number of hydrogen-bond donors (Lipinski definition) is 2. The predicted octanol–water partition coefficient (Wildman–Crippen LogP) is 2.08. The number of fused-ring (bicyclic) bond motifs is 1. The summed E-state index contributed by atoms with van der Waals surface area (Å²) in [6.45, 7) is 9.07. The molecule has 25 heavy (non-hydrogen) atoms. The number of rotatable bonds is 2. The maximum absolute atomic E-state index is 12.7. The molecule has 7 nitrogen and oxygen atoms in total. The summed E-state index contributed by atoms with van der Waals surface area (Å²) in [6.07, 6.45) is 1.62. The van der Waals surface area contributed by atoms with Crippen LogP contribution in [-0.4, -0.2) is 64.4 Å². The fourth-order valence-electron chi connectivity index (χ4n) is 2.82. The number of carbonyl (C=O) groups excluding carboxylic acids is 2. The molecule has 0 bridgehead atoms. The van der Waals surface area contributed by atoms with Crippen molar-refractivity contribution in [2.75, 3.05) is 32.7 Å². The zero-order chi connectivity index (χ0) is 18.0. The normalized spacial score (nSPS) is 15.5. The van der Waals surface area contributed by atoms with E-state index in [0.29, 0.717) is 38.3 Å². The van der Waals surface area contributed by atoms with Crippen LogP contribution >= 0.6 is 0 Å². The largest absolute Gasteiger partial charge is 0.345 e. The first-order valence-electron chi connectivity index (χ1n) is 8.59. The van der Waals surface area contributed by atoms with Gasteiger partial charge in [0.15, 0.2) is 0 Å². The molecule has 2 N–H and O–H groups in total. The van der Waals surface area contributed by atoms with E-state index in [1.165, 1.54) is 0 Å². The van der Waals surface area contributed by atoms with Gasteiger partial charge in [-0.15, -0.1) is 0 Å². The second-order valence-electron chi connectivity index (χ2n) is 7.63. The Morgan fingerprint density at radius 3 is 2.52 bits per heavy atom. The van der Waals surface area contributed by atoms with E-state index in [1.54, 1.807) is 22.2 Å². The fourth-order valence-corrected chi connectivity index (χ4v) is 2.82. The molecule has 0 spiro atoms. The van der Waals surface area contributed by atoms with Gasteiger partial charge in [0.05, 0.1) is 17.4 Å². The number of benzene rings is 1. The summed E-state index contributed by atoms with van der Waals surface area (Å²) in [6, 6.07) is 5.41. The number of nitrogens with one attached hydrogen (secondary N) is 2. The van der Waals surface area contributed by atoms with Crippen LogP contribution in [0.4, 0.5) is 4.79 Å². The van der Waals surface area contributed by atoms with E-state index in [1.807, 2.05) is 12.1 Å². The van der Waals surface area contributed by atoms with E-state index >= 15 is 0 Å². The highest BCUT2D eigenvalue weighted by Gasteiger charge is 2.25. The predicted molar refractivity (Wildman–Crippen MR) is 96.4 cm³/mol. The molecule has 0 saturated carbocycles. The highest BCUT2D eigenvalue weighted by Crippen LogP contribution is 2.15. The van der Waals surface area contributed by atoms with Crippen LogP contribution in [-0.2, 0) is 0 Å². The average molecular weight is 343 g/mol. The molecule has 134 valence electrons. The summed E-state index contributed by atoms with van der Waals surface area (Å²) in [5.74, 6) is -0.00810. The molecule has 2 aromatic rings. The van der Waals surface area contributed by atoms with Gasteiger partial charge >= 0.3 is 6.03 Å². The minimum atomic E-state index is -0.0547. The quantitative estimate of drug-likeness (QED) is 0.876. The van der Waals surface area contributed by atoms with E-state index in [4.69, 9.17) is 0 Å². The van der Waals surface area contributed by atoms with Crippen molar-refractivity contribution in [1.82, 2.24) is 25.1 Å². The van der Waals surface area contributed by atoms with Crippen molar-refractivity contribution in [3.63, 3.8) is 0 Å². The summed E-state index contributed by atoms with van der Waals surface area (Å²) in [5, 5.41) is 2.96. The van der Waals surface area contributed by atoms with Gasteiger partial charge < -0.3 is 20.1 Å². The zero-order valence-corrected chi connectivity index (χ0v) is 15.0. The molecule has 1 aromatic heterocycles. The number of amides is 3. The van der Waals surface area contributed by atoms with Gasteiger partial charge in [-0.2, -0.15) is 0 Å². The van der Waals surface area contributed by atoms with Gasteiger partial charge in [-0.3, -0.25) is 4.79 Å². The van der Waals surface area contributed by atoms with E-state index < -0.39 is 0 Å². The van der Waals surface area contributed by atoms with Crippen LogP contribution in [0.15, 0.2) is 24.5 Å². The highest BCUT2D eigenvalue weighted by atomic mass is 16.2. The number of hydrogen-bond acceptors (Lipinski definition) is 3. The SMILES string of the molecule is CC(C)(C)CNC(=O)N1CCN(C(=O)c2ccc3nc[nH]c3c2)CC1. The second kappa shape index (κ2) is 6.74. The molecule has 7 heteroatoms. The Morgan fingerprint density at radius 2 is 1.84 bits per heavy atom. The molecule has 1 aliphatic heterocycles. The molecule has 1 fully saturated rings. The molecule has 1 saturated heterocycles.